The topological polar surface area (TPSA) is 76.0 Å². The molecule has 0 aromatic heterocycles. The summed E-state index contributed by atoms with van der Waals surface area (Å²) in [5.74, 6) is -1.14. The van der Waals surface area contributed by atoms with Gasteiger partial charge in [0.1, 0.15) is 5.41 Å². The first kappa shape index (κ1) is 15.3. The van der Waals surface area contributed by atoms with Crippen molar-refractivity contribution in [2.24, 2.45) is 5.41 Å². The van der Waals surface area contributed by atoms with Crippen LogP contribution >= 0.6 is 0 Å². The van der Waals surface area contributed by atoms with Gasteiger partial charge < -0.3 is 10.2 Å². The molecule has 0 heterocycles. The fourth-order valence-electron chi connectivity index (χ4n) is 1.05. The molecule has 0 saturated carbocycles. The molecule has 96 valence electrons. The molecule has 1 atom stereocenters. The molecule has 5 nitrogen and oxygen atoms in total. The van der Waals surface area contributed by atoms with Gasteiger partial charge in [-0.1, -0.05) is 13.3 Å². The van der Waals surface area contributed by atoms with Crippen molar-refractivity contribution in [3.63, 3.8) is 0 Å². The van der Waals surface area contributed by atoms with Crippen LogP contribution in [0.5, 0.6) is 0 Å². The Morgan fingerprint density at radius 3 is 2.19 bits per heavy atom. The standard InChI is InChI=1S/C11H22O5/c1-6-7-10(2,3)16-15-9(14)11(4,5)8(12)13/h9,14H,6-7H2,1-5H3,(H,12,13). The van der Waals surface area contributed by atoms with E-state index >= 15 is 0 Å². The van der Waals surface area contributed by atoms with E-state index < -0.39 is 23.3 Å². The van der Waals surface area contributed by atoms with E-state index in [1.807, 2.05) is 20.8 Å². The first-order valence-corrected chi connectivity index (χ1v) is 5.39. The molecule has 1 unspecified atom stereocenters. The molecule has 0 rings (SSSR count). The third kappa shape index (κ3) is 4.47. The summed E-state index contributed by atoms with van der Waals surface area (Å²) in [4.78, 5) is 20.6. The molecule has 5 heteroatoms. The Labute approximate surface area is 96.3 Å². The lowest BCUT2D eigenvalue weighted by Crippen LogP contribution is -2.40. The summed E-state index contributed by atoms with van der Waals surface area (Å²) in [5, 5.41) is 18.4. The molecule has 2 N–H and O–H groups in total. The van der Waals surface area contributed by atoms with Gasteiger partial charge in [-0.2, -0.15) is 0 Å². The van der Waals surface area contributed by atoms with E-state index in [0.717, 1.165) is 12.8 Å². The summed E-state index contributed by atoms with van der Waals surface area (Å²) in [6.45, 7) is 8.38. The Bertz CT molecular complexity index is 235. The third-order valence-electron chi connectivity index (χ3n) is 2.39. The lowest BCUT2D eigenvalue weighted by Gasteiger charge is -2.29. The van der Waals surface area contributed by atoms with Crippen LogP contribution in [0.2, 0.25) is 0 Å². The predicted octanol–water partition coefficient (Wildman–Crippen LogP) is 1.94. The Hall–Kier alpha value is -0.650. The number of aliphatic carboxylic acids is 1. The number of aliphatic hydroxyl groups is 1. The molecular formula is C11H22O5. The molecule has 0 saturated heterocycles. The van der Waals surface area contributed by atoms with Crippen LogP contribution in [0, 0.1) is 5.41 Å². The molecule has 0 aromatic rings. The second-order valence-electron chi connectivity index (χ2n) is 5.07. The fourth-order valence-corrected chi connectivity index (χ4v) is 1.05. The van der Waals surface area contributed by atoms with Gasteiger partial charge in [0.05, 0.1) is 5.60 Å². The van der Waals surface area contributed by atoms with Crippen LogP contribution in [-0.2, 0) is 14.6 Å². The van der Waals surface area contributed by atoms with Gasteiger partial charge in [-0.25, -0.2) is 9.78 Å². The summed E-state index contributed by atoms with van der Waals surface area (Å²) in [7, 11) is 0. The molecule has 0 radical (unpaired) electrons. The summed E-state index contributed by atoms with van der Waals surface area (Å²) in [5.41, 5.74) is -1.94. The summed E-state index contributed by atoms with van der Waals surface area (Å²) in [6, 6.07) is 0. The van der Waals surface area contributed by atoms with Crippen LogP contribution in [0.3, 0.4) is 0 Å². The van der Waals surface area contributed by atoms with Crippen LogP contribution in [0.1, 0.15) is 47.5 Å². The van der Waals surface area contributed by atoms with Crippen LogP contribution in [0.15, 0.2) is 0 Å². The van der Waals surface area contributed by atoms with E-state index in [-0.39, 0.29) is 0 Å². The molecule has 0 aliphatic rings. The monoisotopic (exact) mass is 234 g/mol. The van der Waals surface area contributed by atoms with Crippen LogP contribution in [0.4, 0.5) is 0 Å². The minimum atomic E-state index is -1.50. The summed E-state index contributed by atoms with van der Waals surface area (Å²) >= 11 is 0. The Morgan fingerprint density at radius 1 is 1.31 bits per heavy atom. The second kappa shape index (κ2) is 5.61. The van der Waals surface area contributed by atoms with Crippen molar-refractivity contribution in [3.05, 3.63) is 0 Å². The molecular weight excluding hydrogens is 212 g/mol. The van der Waals surface area contributed by atoms with Gasteiger partial charge in [-0.15, -0.1) is 0 Å². The number of hydrogen-bond donors (Lipinski definition) is 2. The maximum atomic E-state index is 10.8. The average Bonchev–Trinajstić information content (AvgIpc) is 2.13. The van der Waals surface area contributed by atoms with Crippen molar-refractivity contribution in [1.82, 2.24) is 0 Å². The number of aliphatic hydroxyl groups excluding tert-OH is 1. The van der Waals surface area contributed by atoms with Crippen LogP contribution < -0.4 is 0 Å². The van der Waals surface area contributed by atoms with E-state index in [9.17, 15) is 9.90 Å². The molecule has 0 amide bonds. The minimum absolute atomic E-state index is 0.537. The molecule has 0 aromatic carbocycles. The van der Waals surface area contributed by atoms with Crippen LogP contribution in [-0.4, -0.2) is 28.1 Å². The highest BCUT2D eigenvalue weighted by Gasteiger charge is 2.38. The van der Waals surface area contributed by atoms with Crippen molar-refractivity contribution in [2.45, 2.75) is 59.4 Å². The maximum absolute atomic E-state index is 10.8. The largest absolute Gasteiger partial charge is 0.481 e. The summed E-state index contributed by atoms with van der Waals surface area (Å²) in [6.07, 6.45) is 0.170. The van der Waals surface area contributed by atoms with Gasteiger partial charge in [0.25, 0.3) is 0 Å². The molecule has 16 heavy (non-hydrogen) atoms. The normalized spacial score (nSPS) is 14.9. The van der Waals surface area contributed by atoms with Gasteiger partial charge in [-0.3, -0.25) is 4.79 Å². The number of carboxylic acid groups (broad SMARTS) is 1. The van der Waals surface area contributed by atoms with Crippen molar-refractivity contribution >= 4 is 5.97 Å². The first-order valence-electron chi connectivity index (χ1n) is 5.39. The predicted molar refractivity (Wildman–Crippen MR) is 58.6 cm³/mol. The van der Waals surface area contributed by atoms with E-state index in [1.165, 1.54) is 13.8 Å². The van der Waals surface area contributed by atoms with Crippen molar-refractivity contribution < 1.29 is 24.8 Å². The number of rotatable bonds is 7. The van der Waals surface area contributed by atoms with E-state index in [1.54, 1.807) is 0 Å². The summed E-state index contributed by atoms with van der Waals surface area (Å²) < 4.78 is 0. The zero-order valence-electron chi connectivity index (χ0n) is 10.6. The smallest absolute Gasteiger partial charge is 0.314 e. The minimum Gasteiger partial charge on any atom is -0.481 e. The zero-order chi connectivity index (χ0) is 13.0. The van der Waals surface area contributed by atoms with Gasteiger partial charge >= 0.3 is 5.97 Å². The first-order chi connectivity index (χ1) is 7.13. The van der Waals surface area contributed by atoms with Crippen LogP contribution in [0.25, 0.3) is 0 Å². The lowest BCUT2D eigenvalue weighted by atomic mass is 9.93. The highest BCUT2D eigenvalue weighted by atomic mass is 17.2. The molecule has 0 aliphatic heterocycles. The fraction of sp³-hybridized carbons (Fsp3) is 0.909. The van der Waals surface area contributed by atoms with E-state index in [2.05, 4.69) is 0 Å². The molecule has 0 aliphatic carbocycles. The van der Waals surface area contributed by atoms with Gasteiger partial charge in [0.2, 0.25) is 6.29 Å². The van der Waals surface area contributed by atoms with Gasteiger partial charge in [0, 0.05) is 0 Å². The highest BCUT2D eigenvalue weighted by Crippen LogP contribution is 2.25. The number of carboxylic acids is 1. The van der Waals surface area contributed by atoms with Gasteiger partial charge in [0.15, 0.2) is 0 Å². The van der Waals surface area contributed by atoms with Crippen molar-refractivity contribution in [3.8, 4) is 0 Å². The quantitative estimate of drug-likeness (QED) is 0.400. The third-order valence-corrected chi connectivity index (χ3v) is 2.39. The van der Waals surface area contributed by atoms with E-state index in [4.69, 9.17) is 14.9 Å². The molecule has 0 fully saturated rings. The maximum Gasteiger partial charge on any atom is 0.314 e. The molecule has 0 spiro atoms. The second-order valence-corrected chi connectivity index (χ2v) is 5.07. The number of carbonyl (C=O) groups is 1. The van der Waals surface area contributed by atoms with Crippen molar-refractivity contribution in [2.75, 3.05) is 0 Å². The van der Waals surface area contributed by atoms with E-state index in [0.29, 0.717) is 0 Å². The van der Waals surface area contributed by atoms with Crippen molar-refractivity contribution in [1.29, 1.82) is 0 Å². The van der Waals surface area contributed by atoms with Gasteiger partial charge in [-0.05, 0) is 34.1 Å². The highest BCUT2D eigenvalue weighted by molar-refractivity contribution is 5.74. The Kier molecular flexibility index (Phi) is 5.38. The Morgan fingerprint density at radius 2 is 1.81 bits per heavy atom. The zero-order valence-corrected chi connectivity index (χ0v) is 10.6. The SMILES string of the molecule is CCCC(C)(C)OOC(O)C(C)(C)C(=O)O. The average molecular weight is 234 g/mol. The number of hydrogen-bond acceptors (Lipinski definition) is 4. The Balaban J connectivity index is 4.27. The molecule has 0 bridgehead atoms. The lowest BCUT2D eigenvalue weighted by molar-refractivity contribution is -0.427.